The number of carboxylic acids is 1. The summed E-state index contributed by atoms with van der Waals surface area (Å²) >= 11 is 1.13. The fourth-order valence-electron chi connectivity index (χ4n) is 2.55. The van der Waals surface area contributed by atoms with Crippen LogP contribution < -0.4 is 5.32 Å². The summed E-state index contributed by atoms with van der Waals surface area (Å²) in [6, 6.07) is 3.64. The standard InChI is InChI=1S/C17H20FNO4S/c1-9(2)7-12(17(21)22)19-16(20)15-10(8-23-3)14-11(18)5-4-6-13(14)24-15/h4-6,9,12H,7-8H2,1-3H3,(H,19,20)(H,21,22)/t12-/m1/s1. The molecule has 2 rings (SSSR count). The molecule has 0 spiro atoms. The molecule has 0 aliphatic carbocycles. The molecule has 130 valence electrons. The highest BCUT2D eigenvalue weighted by molar-refractivity contribution is 7.21. The molecule has 2 aromatic rings. The van der Waals surface area contributed by atoms with E-state index < -0.39 is 23.7 Å². The van der Waals surface area contributed by atoms with Gasteiger partial charge in [-0.2, -0.15) is 0 Å². The summed E-state index contributed by atoms with van der Waals surface area (Å²) in [5.74, 6) is -1.91. The maximum absolute atomic E-state index is 14.1. The zero-order valence-corrected chi connectivity index (χ0v) is 14.6. The van der Waals surface area contributed by atoms with E-state index in [-0.39, 0.29) is 17.4 Å². The van der Waals surface area contributed by atoms with Crippen molar-refractivity contribution in [2.45, 2.75) is 32.9 Å². The van der Waals surface area contributed by atoms with Crippen LogP contribution in [0.25, 0.3) is 10.1 Å². The number of benzene rings is 1. The summed E-state index contributed by atoms with van der Waals surface area (Å²) in [5.41, 5.74) is 0.446. The fraction of sp³-hybridized carbons (Fsp3) is 0.412. The van der Waals surface area contributed by atoms with Gasteiger partial charge in [0.05, 0.1) is 11.5 Å². The van der Waals surface area contributed by atoms with Gasteiger partial charge in [0, 0.05) is 22.8 Å². The van der Waals surface area contributed by atoms with Crippen molar-refractivity contribution in [1.82, 2.24) is 5.32 Å². The number of nitrogens with one attached hydrogen (secondary N) is 1. The molecule has 1 aromatic heterocycles. The summed E-state index contributed by atoms with van der Waals surface area (Å²) in [4.78, 5) is 24.2. The van der Waals surface area contributed by atoms with Crippen LogP contribution in [0.4, 0.5) is 4.39 Å². The van der Waals surface area contributed by atoms with Gasteiger partial charge in [-0.1, -0.05) is 19.9 Å². The second kappa shape index (κ2) is 7.72. The number of rotatable bonds is 7. The molecular formula is C17H20FNO4S. The molecular weight excluding hydrogens is 333 g/mol. The van der Waals surface area contributed by atoms with Crippen molar-refractivity contribution in [3.05, 3.63) is 34.5 Å². The number of hydrogen-bond acceptors (Lipinski definition) is 4. The first-order valence-corrected chi connectivity index (χ1v) is 8.39. The Morgan fingerprint density at radius 2 is 2.08 bits per heavy atom. The van der Waals surface area contributed by atoms with Crippen molar-refractivity contribution in [3.63, 3.8) is 0 Å². The minimum absolute atomic E-state index is 0.0750. The minimum Gasteiger partial charge on any atom is -0.480 e. The Morgan fingerprint density at radius 1 is 1.38 bits per heavy atom. The smallest absolute Gasteiger partial charge is 0.326 e. The molecule has 2 N–H and O–H groups in total. The molecule has 1 amide bonds. The Bertz CT molecular complexity index is 756. The Labute approximate surface area is 143 Å². The van der Waals surface area contributed by atoms with Gasteiger partial charge in [-0.25, -0.2) is 9.18 Å². The minimum atomic E-state index is -1.09. The first kappa shape index (κ1) is 18.4. The molecule has 0 radical (unpaired) electrons. The number of carbonyl (C=O) groups is 2. The first-order valence-electron chi connectivity index (χ1n) is 7.57. The SMILES string of the molecule is COCc1c(C(=O)N[C@H](CC(C)C)C(=O)O)sc2cccc(F)c12. The Balaban J connectivity index is 2.39. The van der Waals surface area contributed by atoms with Crippen LogP contribution in [0.1, 0.15) is 35.5 Å². The number of thiophene rings is 1. The summed E-state index contributed by atoms with van der Waals surface area (Å²) in [6.07, 6.45) is 0.319. The molecule has 0 aliphatic rings. The maximum Gasteiger partial charge on any atom is 0.326 e. The van der Waals surface area contributed by atoms with Crippen LogP contribution in [-0.4, -0.2) is 30.1 Å². The van der Waals surface area contributed by atoms with Crippen LogP contribution in [0.5, 0.6) is 0 Å². The largest absolute Gasteiger partial charge is 0.480 e. The third-order valence-corrected chi connectivity index (χ3v) is 4.76. The van der Waals surface area contributed by atoms with Crippen molar-refractivity contribution in [2.24, 2.45) is 5.92 Å². The van der Waals surface area contributed by atoms with Gasteiger partial charge in [0.15, 0.2) is 0 Å². The lowest BCUT2D eigenvalue weighted by Crippen LogP contribution is -2.41. The van der Waals surface area contributed by atoms with Crippen molar-refractivity contribution in [3.8, 4) is 0 Å². The number of hydrogen-bond donors (Lipinski definition) is 2. The van der Waals surface area contributed by atoms with Gasteiger partial charge in [0.1, 0.15) is 11.9 Å². The topological polar surface area (TPSA) is 75.6 Å². The number of carboxylic acid groups (broad SMARTS) is 1. The van der Waals surface area contributed by atoms with Crippen LogP contribution in [0.3, 0.4) is 0 Å². The van der Waals surface area contributed by atoms with E-state index in [0.717, 1.165) is 11.3 Å². The van der Waals surface area contributed by atoms with Gasteiger partial charge in [0.2, 0.25) is 0 Å². The van der Waals surface area contributed by atoms with E-state index in [9.17, 15) is 19.1 Å². The number of amides is 1. The fourth-order valence-corrected chi connectivity index (χ4v) is 3.67. The lowest BCUT2D eigenvalue weighted by atomic mass is 10.0. The first-order chi connectivity index (χ1) is 11.3. The zero-order chi connectivity index (χ0) is 17.9. The average molecular weight is 353 g/mol. The third-order valence-electron chi connectivity index (χ3n) is 3.57. The van der Waals surface area contributed by atoms with Crippen molar-refractivity contribution in [2.75, 3.05) is 7.11 Å². The van der Waals surface area contributed by atoms with Gasteiger partial charge in [-0.05, 0) is 24.5 Å². The third kappa shape index (κ3) is 3.91. The van der Waals surface area contributed by atoms with Crippen LogP contribution in [0.2, 0.25) is 0 Å². The molecule has 0 saturated heterocycles. The molecule has 0 bridgehead atoms. The lowest BCUT2D eigenvalue weighted by Gasteiger charge is -2.16. The summed E-state index contributed by atoms with van der Waals surface area (Å²) in [7, 11) is 1.46. The number of fused-ring (bicyclic) bond motifs is 1. The van der Waals surface area contributed by atoms with E-state index >= 15 is 0 Å². The Hall–Kier alpha value is -1.99. The number of ether oxygens (including phenoxy) is 1. The summed E-state index contributed by atoms with van der Waals surface area (Å²) in [5, 5.41) is 12.2. The number of aliphatic carboxylic acids is 1. The molecule has 7 heteroatoms. The summed E-state index contributed by atoms with van der Waals surface area (Å²) < 4.78 is 19.9. The van der Waals surface area contributed by atoms with Crippen molar-refractivity contribution in [1.29, 1.82) is 0 Å². The zero-order valence-electron chi connectivity index (χ0n) is 13.8. The number of carbonyl (C=O) groups excluding carboxylic acids is 1. The van der Waals surface area contributed by atoms with E-state index in [2.05, 4.69) is 5.32 Å². The second-order valence-corrected chi connectivity index (χ2v) is 7.00. The molecule has 5 nitrogen and oxygen atoms in total. The molecule has 0 fully saturated rings. The van der Waals surface area contributed by atoms with Crippen LogP contribution in [0.15, 0.2) is 18.2 Å². The van der Waals surface area contributed by atoms with Gasteiger partial charge < -0.3 is 15.2 Å². The van der Waals surface area contributed by atoms with Gasteiger partial charge in [0.25, 0.3) is 5.91 Å². The maximum atomic E-state index is 14.1. The van der Waals surface area contributed by atoms with E-state index in [1.165, 1.54) is 13.2 Å². The van der Waals surface area contributed by atoms with Crippen molar-refractivity contribution >= 4 is 33.3 Å². The predicted molar refractivity (Wildman–Crippen MR) is 90.8 cm³/mol. The van der Waals surface area contributed by atoms with Crippen LogP contribution in [0, 0.1) is 11.7 Å². The molecule has 0 aliphatic heterocycles. The summed E-state index contributed by atoms with van der Waals surface area (Å²) in [6.45, 7) is 3.84. The molecule has 0 saturated carbocycles. The normalized spacial score (nSPS) is 12.5. The van der Waals surface area contributed by atoms with E-state index in [0.29, 0.717) is 22.1 Å². The Kier molecular flexibility index (Phi) is 5.90. The highest BCUT2D eigenvalue weighted by Crippen LogP contribution is 2.33. The van der Waals surface area contributed by atoms with Crippen molar-refractivity contribution < 1.29 is 23.8 Å². The Morgan fingerprint density at radius 3 is 2.67 bits per heavy atom. The second-order valence-electron chi connectivity index (χ2n) is 5.95. The average Bonchev–Trinajstić information content (AvgIpc) is 2.86. The number of methoxy groups -OCH3 is 1. The number of halogens is 1. The van der Waals surface area contributed by atoms with Crippen LogP contribution in [-0.2, 0) is 16.1 Å². The monoisotopic (exact) mass is 353 g/mol. The van der Waals surface area contributed by atoms with E-state index in [4.69, 9.17) is 4.74 Å². The van der Waals surface area contributed by atoms with E-state index in [1.807, 2.05) is 13.8 Å². The van der Waals surface area contributed by atoms with Crippen LogP contribution >= 0.6 is 11.3 Å². The molecule has 1 atom stereocenters. The van der Waals surface area contributed by atoms with Gasteiger partial charge in [-0.3, -0.25) is 4.79 Å². The molecule has 0 unspecified atom stereocenters. The predicted octanol–water partition coefficient (Wildman–Crippen LogP) is 3.42. The van der Waals surface area contributed by atoms with Gasteiger partial charge >= 0.3 is 5.97 Å². The van der Waals surface area contributed by atoms with E-state index in [1.54, 1.807) is 12.1 Å². The molecule has 24 heavy (non-hydrogen) atoms. The highest BCUT2D eigenvalue weighted by atomic mass is 32.1. The quantitative estimate of drug-likeness (QED) is 0.800. The lowest BCUT2D eigenvalue weighted by molar-refractivity contribution is -0.139. The van der Waals surface area contributed by atoms with Gasteiger partial charge in [-0.15, -0.1) is 11.3 Å². The highest BCUT2D eigenvalue weighted by Gasteiger charge is 2.26. The molecule has 1 heterocycles. The molecule has 1 aromatic carbocycles.